The van der Waals surface area contributed by atoms with Crippen LogP contribution in [0.1, 0.15) is 59.8 Å². The van der Waals surface area contributed by atoms with E-state index in [-0.39, 0.29) is 18.2 Å². The molecule has 0 radical (unpaired) electrons. The molecule has 5 aromatic rings. The first-order valence-corrected chi connectivity index (χ1v) is 19.6. The first-order valence-electron chi connectivity index (χ1n) is 19.6. The standard InChI is InChI=1S/C44H49N7O3/c1-47-40-28-35(12-15-39(40)43(46-47)51-22-19-41(53)45-44(51)54)50-25-23-48(24-26-50)29-30-17-20-49(21-18-30)34-10-7-32(8-11-34)42-37(31-5-3-2-4-6-31)14-9-33-27-36(52)13-16-38(33)42/h2-8,10-13,15-16,27-28,30,37,42,52H,9,14,17-26,29H2,1H3,(H,45,53,54)/t37-,42+/m1/s1. The lowest BCUT2D eigenvalue weighted by Gasteiger charge is -2.40. The number of carbonyl (C=O) groups excluding carboxylic acids is 2. The molecule has 0 unspecified atom stereocenters. The highest BCUT2D eigenvalue weighted by Gasteiger charge is 2.33. The molecule has 2 atom stereocenters. The van der Waals surface area contributed by atoms with E-state index < -0.39 is 6.03 Å². The van der Waals surface area contributed by atoms with Gasteiger partial charge in [-0.05, 0) is 102 Å². The Labute approximate surface area is 317 Å². The van der Waals surface area contributed by atoms with Crippen molar-refractivity contribution in [2.24, 2.45) is 13.0 Å². The molecule has 0 bridgehead atoms. The van der Waals surface area contributed by atoms with Crippen molar-refractivity contribution in [3.8, 4) is 5.75 Å². The third-order valence-electron chi connectivity index (χ3n) is 12.4. The van der Waals surface area contributed by atoms with Crippen molar-refractivity contribution < 1.29 is 14.7 Å². The lowest BCUT2D eigenvalue weighted by Crippen LogP contribution is -2.49. The van der Waals surface area contributed by atoms with Gasteiger partial charge in [0.25, 0.3) is 0 Å². The molecule has 0 saturated carbocycles. The lowest BCUT2D eigenvalue weighted by atomic mass is 9.69. The summed E-state index contributed by atoms with van der Waals surface area (Å²) in [6.07, 6.45) is 4.75. The van der Waals surface area contributed by atoms with E-state index in [9.17, 15) is 14.7 Å². The normalized spacial score (nSPS) is 21.4. The van der Waals surface area contributed by atoms with Crippen LogP contribution >= 0.6 is 0 Å². The number of hydrogen-bond donors (Lipinski definition) is 2. The van der Waals surface area contributed by atoms with Crippen molar-refractivity contribution in [2.45, 2.75) is 43.9 Å². The van der Waals surface area contributed by atoms with Crippen molar-refractivity contribution in [1.29, 1.82) is 0 Å². The number of aromatic hydroxyl groups is 1. The number of carbonyl (C=O) groups is 2. The van der Waals surface area contributed by atoms with Crippen LogP contribution in [-0.4, -0.2) is 84.1 Å². The van der Waals surface area contributed by atoms with Gasteiger partial charge in [-0.1, -0.05) is 48.5 Å². The second-order valence-corrected chi connectivity index (χ2v) is 15.6. The SMILES string of the molecule is Cn1nc(N2CCC(=O)NC2=O)c2ccc(N3CCN(CC4CCN(c5ccc([C@@H]6c7ccc(O)cc7CC[C@@H]6c6ccccc6)cc5)CC4)CC3)cc21. The van der Waals surface area contributed by atoms with Crippen molar-refractivity contribution >= 4 is 40.0 Å². The fraction of sp³-hybridized carbons (Fsp3) is 0.386. The molecule has 278 valence electrons. The third kappa shape index (κ3) is 6.68. The number of aromatic nitrogens is 2. The maximum absolute atomic E-state index is 12.5. The Morgan fingerprint density at radius 3 is 2.24 bits per heavy atom. The van der Waals surface area contributed by atoms with Crippen LogP contribution in [0.5, 0.6) is 5.75 Å². The van der Waals surface area contributed by atoms with Crippen LogP contribution in [0.15, 0.2) is 91.0 Å². The molecule has 3 aliphatic heterocycles. The number of nitrogens with one attached hydrogen (secondary N) is 1. The largest absolute Gasteiger partial charge is 0.508 e. The number of amides is 3. The number of piperidine rings is 1. The van der Waals surface area contributed by atoms with Crippen LogP contribution in [0.3, 0.4) is 0 Å². The molecular formula is C44H49N7O3. The minimum atomic E-state index is -0.409. The second kappa shape index (κ2) is 14.5. The number of urea groups is 1. The van der Waals surface area contributed by atoms with Gasteiger partial charge in [0.15, 0.2) is 5.82 Å². The topological polar surface area (TPSA) is 97.2 Å². The Morgan fingerprint density at radius 2 is 1.48 bits per heavy atom. The van der Waals surface area contributed by atoms with Crippen LogP contribution in [-0.2, 0) is 18.3 Å². The minimum Gasteiger partial charge on any atom is -0.508 e. The van der Waals surface area contributed by atoms with Gasteiger partial charge in [-0.25, -0.2) is 4.79 Å². The number of imide groups is 1. The number of aryl methyl sites for hydroxylation is 2. The van der Waals surface area contributed by atoms with E-state index in [0.29, 0.717) is 29.9 Å². The summed E-state index contributed by atoms with van der Waals surface area (Å²) in [6.45, 7) is 7.73. The molecule has 4 aromatic carbocycles. The fourth-order valence-corrected chi connectivity index (χ4v) is 9.49. The zero-order valence-electron chi connectivity index (χ0n) is 31.0. The third-order valence-corrected chi connectivity index (χ3v) is 12.4. The molecule has 10 heteroatoms. The van der Waals surface area contributed by atoms with Gasteiger partial charge < -0.3 is 14.9 Å². The number of phenolic OH excluding ortho intramolecular Hbond substituents is 1. The fourth-order valence-electron chi connectivity index (χ4n) is 9.49. The van der Waals surface area contributed by atoms with Crippen LogP contribution in [0.2, 0.25) is 0 Å². The van der Waals surface area contributed by atoms with E-state index in [1.807, 2.05) is 23.9 Å². The Balaban J connectivity index is 0.797. The molecule has 10 nitrogen and oxygen atoms in total. The van der Waals surface area contributed by atoms with Gasteiger partial charge in [-0.15, -0.1) is 0 Å². The van der Waals surface area contributed by atoms with E-state index in [2.05, 4.69) is 104 Å². The van der Waals surface area contributed by atoms with E-state index in [4.69, 9.17) is 0 Å². The molecule has 54 heavy (non-hydrogen) atoms. The van der Waals surface area contributed by atoms with Crippen LogP contribution in [0, 0.1) is 5.92 Å². The summed E-state index contributed by atoms with van der Waals surface area (Å²) >= 11 is 0. The van der Waals surface area contributed by atoms with Gasteiger partial charge in [-0.2, -0.15) is 5.10 Å². The first-order chi connectivity index (χ1) is 26.4. The molecule has 9 rings (SSSR count). The molecule has 3 fully saturated rings. The number of fused-ring (bicyclic) bond motifs is 2. The molecule has 3 saturated heterocycles. The summed E-state index contributed by atoms with van der Waals surface area (Å²) in [5, 5.41) is 18.2. The summed E-state index contributed by atoms with van der Waals surface area (Å²) in [4.78, 5) is 33.4. The van der Waals surface area contributed by atoms with E-state index >= 15 is 0 Å². The van der Waals surface area contributed by atoms with Crippen molar-refractivity contribution in [3.05, 3.63) is 113 Å². The monoisotopic (exact) mass is 723 g/mol. The summed E-state index contributed by atoms with van der Waals surface area (Å²) in [6, 6.07) is 32.2. The lowest BCUT2D eigenvalue weighted by molar-refractivity contribution is -0.120. The highest BCUT2D eigenvalue weighted by atomic mass is 16.3. The smallest absolute Gasteiger partial charge is 0.329 e. The summed E-state index contributed by atoms with van der Waals surface area (Å²) in [7, 11) is 1.91. The average Bonchev–Trinajstić information content (AvgIpc) is 3.53. The molecule has 1 aliphatic carbocycles. The first kappa shape index (κ1) is 34.4. The van der Waals surface area contributed by atoms with Crippen molar-refractivity contribution in [1.82, 2.24) is 20.0 Å². The summed E-state index contributed by atoms with van der Waals surface area (Å²) < 4.78 is 1.83. The number of anilines is 3. The van der Waals surface area contributed by atoms with E-state index in [0.717, 1.165) is 69.6 Å². The quantitative estimate of drug-likeness (QED) is 0.195. The van der Waals surface area contributed by atoms with E-state index in [1.165, 1.54) is 46.5 Å². The van der Waals surface area contributed by atoms with Crippen LogP contribution in [0.4, 0.5) is 22.0 Å². The predicted octanol–water partition coefficient (Wildman–Crippen LogP) is 6.63. The predicted molar refractivity (Wildman–Crippen MR) is 214 cm³/mol. The number of piperazine rings is 1. The molecular weight excluding hydrogens is 675 g/mol. The van der Waals surface area contributed by atoms with Gasteiger partial charge in [0.05, 0.1) is 5.52 Å². The van der Waals surface area contributed by atoms with Gasteiger partial charge in [-0.3, -0.25) is 24.6 Å². The number of phenols is 1. The zero-order chi connectivity index (χ0) is 36.8. The van der Waals surface area contributed by atoms with Crippen molar-refractivity contribution in [2.75, 3.05) is 67.1 Å². The summed E-state index contributed by atoms with van der Waals surface area (Å²) in [5.74, 6) is 2.10. The minimum absolute atomic E-state index is 0.243. The van der Waals surface area contributed by atoms with Gasteiger partial charge in [0.1, 0.15) is 5.75 Å². The number of benzene rings is 4. The zero-order valence-corrected chi connectivity index (χ0v) is 31.0. The van der Waals surface area contributed by atoms with Gasteiger partial charge >= 0.3 is 6.03 Å². The van der Waals surface area contributed by atoms with E-state index in [1.54, 1.807) is 4.90 Å². The molecule has 2 N–H and O–H groups in total. The highest BCUT2D eigenvalue weighted by molar-refractivity contribution is 6.09. The Kier molecular flexibility index (Phi) is 9.22. The van der Waals surface area contributed by atoms with Crippen molar-refractivity contribution in [3.63, 3.8) is 0 Å². The molecule has 3 amide bonds. The number of rotatable bonds is 7. The van der Waals surface area contributed by atoms with Crippen LogP contribution < -0.4 is 20.0 Å². The molecule has 1 aromatic heterocycles. The Hall–Kier alpha value is -5.35. The van der Waals surface area contributed by atoms with Crippen LogP contribution in [0.25, 0.3) is 10.9 Å². The Bertz CT molecular complexity index is 2150. The number of hydrogen-bond acceptors (Lipinski definition) is 7. The maximum atomic E-state index is 12.5. The molecule has 0 spiro atoms. The molecule has 4 heterocycles. The average molecular weight is 724 g/mol. The van der Waals surface area contributed by atoms with Gasteiger partial charge in [0, 0.05) is 88.5 Å². The summed E-state index contributed by atoms with van der Waals surface area (Å²) in [5.41, 5.74) is 8.83. The maximum Gasteiger partial charge on any atom is 0.329 e. The number of nitrogens with zero attached hydrogens (tertiary/aromatic N) is 6. The van der Waals surface area contributed by atoms with Gasteiger partial charge in [0.2, 0.25) is 5.91 Å². The molecule has 4 aliphatic rings. The second-order valence-electron chi connectivity index (χ2n) is 15.6. The highest BCUT2D eigenvalue weighted by Crippen LogP contribution is 2.47. The Morgan fingerprint density at radius 1 is 0.741 bits per heavy atom.